The number of H-pyrrole nitrogens is 1. The molecule has 0 spiro atoms. The number of anilines is 1. The Kier molecular flexibility index (Phi) is 3.45. The van der Waals surface area contributed by atoms with Crippen molar-refractivity contribution in [3.05, 3.63) is 58.4 Å². The molecule has 118 valence electrons. The van der Waals surface area contributed by atoms with Crippen molar-refractivity contribution < 1.29 is 17.7 Å². The van der Waals surface area contributed by atoms with Crippen molar-refractivity contribution in [1.82, 2.24) is 9.97 Å². The average Bonchev–Trinajstić information content (AvgIpc) is 2.87. The van der Waals surface area contributed by atoms with E-state index < -0.39 is 31.3 Å². The Morgan fingerprint density at radius 3 is 2.65 bits per heavy atom. The number of aromatic nitrogens is 2. The van der Waals surface area contributed by atoms with E-state index in [1.165, 1.54) is 0 Å². The van der Waals surface area contributed by atoms with E-state index in [2.05, 4.69) is 14.7 Å². The lowest BCUT2D eigenvalue weighted by molar-refractivity contribution is -0.385. The summed E-state index contributed by atoms with van der Waals surface area (Å²) in [5.41, 5.74) is 0.487. The lowest BCUT2D eigenvalue weighted by Gasteiger charge is -2.05. The van der Waals surface area contributed by atoms with E-state index in [1.807, 2.05) is 0 Å². The van der Waals surface area contributed by atoms with Gasteiger partial charge in [0, 0.05) is 6.07 Å². The summed E-state index contributed by atoms with van der Waals surface area (Å²) in [4.78, 5) is 16.1. The zero-order valence-electron chi connectivity index (χ0n) is 11.4. The van der Waals surface area contributed by atoms with Crippen molar-refractivity contribution in [2.75, 3.05) is 4.72 Å². The fraction of sp³-hybridized carbons (Fsp3) is 0. The zero-order chi connectivity index (χ0) is 16.6. The Balaban J connectivity index is 2.00. The van der Waals surface area contributed by atoms with E-state index >= 15 is 0 Å². The number of benzene rings is 2. The lowest BCUT2D eigenvalue weighted by atomic mass is 10.3. The number of nitro benzene ring substituents is 1. The third kappa shape index (κ3) is 2.97. The van der Waals surface area contributed by atoms with E-state index in [4.69, 9.17) is 0 Å². The number of imidazole rings is 1. The van der Waals surface area contributed by atoms with Gasteiger partial charge in [-0.15, -0.1) is 0 Å². The summed E-state index contributed by atoms with van der Waals surface area (Å²) in [7, 11) is -4.23. The van der Waals surface area contributed by atoms with Crippen LogP contribution in [0.15, 0.2) is 47.4 Å². The second kappa shape index (κ2) is 5.32. The van der Waals surface area contributed by atoms with Crippen LogP contribution in [-0.2, 0) is 10.0 Å². The van der Waals surface area contributed by atoms with E-state index in [0.717, 1.165) is 6.07 Å². The molecule has 2 N–H and O–H groups in total. The Morgan fingerprint density at radius 2 is 1.96 bits per heavy atom. The maximum atomic E-state index is 13.4. The van der Waals surface area contributed by atoms with Crippen LogP contribution in [-0.4, -0.2) is 23.3 Å². The van der Waals surface area contributed by atoms with Crippen LogP contribution >= 0.6 is 0 Å². The summed E-state index contributed by atoms with van der Waals surface area (Å²) in [5.74, 6) is -1.10. The monoisotopic (exact) mass is 336 g/mol. The Labute approximate surface area is 129 Å². The van der Waals surface area contributed by atoms with Crippen molar-refractivity contribution in [1.29, 1.82) is 0 Å². The van der Waals surface area contributed by atoms with Crippen molar-refractivity contribution >= 4 is 32.7 Å². The largest absolute Gasteiger partial charge is 0.323 e. The van der Waals surface area contributed by atoms with Crippen LogP contribution in [0.1, 0.15) is 0 Å². The van der Waals surface area contributed by atoms with Gasteiger partial charge in [-0.25, -0.2) is 22.5 Å². The van der Waals surface area contributed by atoms with Gasteiger partial charge < -0.3 is 4.98 Å². The predicted molar refractivity (Wildman–Crippen MR) is 80.0 cm³/mol. The molecule has 3 rings (SSSR count). The predicted octanol–water partition coefficient (Wildman–Crippen LogP) is 2.41. The first kappa shape index (κ1) is 14.9. The smallest absolute Gasteiger partial charge is 0.273 e. The summed E-state index contributed by atoms with van der Waals surface area (Å²) < 4.78 is 40.0. The highest BCUT2D eigenvalue weighted by Gasteiger charge is 2.21. The summed E-state index contributed by atoms with van der Waals surface area (Å²) >= 11 is 0. The van der Waals surface area contributed by atoms with Gasteiger partial charge in [-0.05, 0) is 18.2 Å². The highest BCUT2D eigenvalue weighted by molar-refractivity contribution is 7.92. The minimum atomic E-state index is -4.23. The number of para-hydroxylation sites is 2. The number of nitro groups is 1. The summed E-state index contributed by atoms with van der Waals surface area (Å²) in [6, 6.07) is 8.96. The summed E-state index contributed by atoms with van der Waals surface area (Å²) in [6.45, 7) is 0. The fourth-order valence-electron chi connectivity index (χ4n) is 2.00. The third-order valence-electron chi connectivity index (χ3n) is 3.00. The molecule has 0 aliphatic carbocycles. The van der Waals surface area contributed by atoms with Gasteiger partial charge in [-0.1, -0.05) is 12.1 Å². The van der Waals surface area contributed by atoms with Gasteiger partial charge in [-0.3, -0.25) is 10.1 Å². The number of nitrogens with zero attached hydrogens (tertiary/aromatic N) is 2. The van der Waals surface area contributed by atoms with Crippen LogP contribution in [0.5, 0.6) is 0 Å². The molecule has 0 saturated carbocycles. The van der Waals surface area contributed by atoms with Crippen LogP contribution in [0.25, 0.3) is 11.0 Å². The maximum absolute atomic E-state index is 13.4. The van der Waals surface area contributed by atoms with Gasteiger partial charge in [0.05, 0.1) is 26.9 Å². The fourth-order valence-corrected chi connectivity index (χ4v) is 3.01. The normalized spacial score (nSPS) is 11.5. The molecular formula is C13H9FN4O4S. The molecule has 2 aromatic carbocycles. The highest BCUT2D eigenvalue weighted by Crippen LogP contribution is 2.22. The average molecular weight is 336 g/mol. The van der Waals surface area contributed by atoms with E-state index in [-0.39, 0.29) is 5.95 Å². The Morgan fingerprint density at radius 1 is 1.22 bits per heavy atom. The number of fused-ring (bicyclic) bond motifs is 1. The number of hydrogen-bond acceptors (Lipinski definition) is 5. The van der Waals surface area contributed by atoms with Crippen molar-refractivity contribution in [3.63, 3.8) is 0 Å². The number of hydrogen-bond donors (Lipinski definition) is 2. The standard InChI is InChI=1S/C13H9FN4O4S/c14-8-5-9(18(19)20)7-10(6-8)23(21,22)17-13-15-11-3-1-2-4-12(11)16-13/h1-7H,(H2,15,16,17). The van der Waals surface area contributed by atoms with E-state index in [9.17, 15) is 22.9 Å². The van der Waals surface area contributed by atoms with Crippen LogP contribution < -0.4 is 4.72 Å². The van der Waals surface area contributed by atoms with Crippen LogP contribution in [0, 0.1) is 15.9 Å². The molecule has 0 saturated heterocycles. The molecule has 3 aromatic rings. The second-order valence-corrected chi connectivity index (χ2v) is 6.29. The second-order valence-electron chi connectivity index (χ2n) is 4.61. The Bertz CT molecular complexity index is 983. The van der Waals surface area contributed by atoms with Gasteiger partial charge in [0.15, 0.2) is 0 Å². The van der Waals surface area contributed by atoms with E-state index in [0.29, 0.717) is 23.2 Å². The summed E-state index contributed by atoms with van der Waals surface area (Å²) in [6.07, 6.45) is 0. The quantitative estimate of drug-likeness (QED) is 0.560. The van der Waals surface area contributed by atoms with Gasteiger partial charge >= 0.3 is 0 Å². The molecule has 1 heterocycles. The first-order valence-corrected chi connectivity index (χ1v) is 7.76. The molecule has 10 heteroatoms. The minimum Gasteiger partial charge on any atom is -0.323 e. The maximum Gasteiger partial charge on any atom is 0.273 e. The molecule has 0 unspecified atom stereocenters. The number of nitrogens with one attached hydrogen (secondary N) is 2. The van der Waals surface area contributed by atoms with Gasteiger partial charge in [0.1, 0.15) is 5.82 Å². The van der Waals surface area contributed by atoms with Crippen LogP contribution in [0.4, 0.5) is 16.0 Å². The number of halogens is 1. The highest BCUT2D eigenvalue weighted by atomic mass is 32.2. The van der Waals surface area contributed by atoms with Gasteiger partial charge in [-0.2, -0.15) is 0 Å². The molecule has 0 atom stereocenters. The van der Waals surface area contributed by atoms with E-state index in [1.54, 1.807) is 24.3 Å². The van der Waals surface area contributed by atoms with Crippen molar-refractivity contribution in [3.8, 4) is 0 Å². The molecular weight excluding hydrogens is 327 g/mol. The SMILES string of the molecule is O=[N+]([O-])c1cc(F)cc(S(=O)(=O)Nc2nc3ccccc3[nH]2)c1. The molecule has 0 aliphatic heterocycles. The summed E-state index contributed by atoms with van der Waals surface area (Å²) in [5, 5.41) is 10.7. The first-order chi connectivity index (χ1) is 10.8. The number of non-ortho nitro benzene ring substituents is 1. The molecule has 23 heavy (non-hydrogen) atoms. The first-order valence-electron chi connectivity index (χ1n) is 6.28. The molecule has 0 amide bonds. The third-order valence-corrected chi connectivity index (χ3v) is 4.32. The molecule has 0 fully saturated rings. The minimum absolute atomic E-state index is 0.0712. The van der Waals surface area contributed by atoms with Gasteiger partial charge in [0.25, 0.3) is 15.7 Å². The van der Waals surface area contributed by atoms with Crippen molar-refractivity contribution in [2.45, 2.75) is 4.90 Å². The van der Waals surface area contributed by atoms with Crippen molar-refractivity contribution in [2.24, 2.45) is 0 Å². The van der Waals surface area contributed by atoms with Gasteiger partial charge in [0.2, 0.25) is 5.95 Å². The lowest BCUT2D eigenvalue weighted by Crippen LogP contribution is -2.14. The van der Waals surface area contributed by atoms with Crippen LogP contribution in [0.3, 0.4) is 0 Å². The number of rotatable bonds is 4. The topological polar surface area (TPSA) is 118 Å². The number of aromatic amines is 1. The zero-order valence-corrected chi connectivity index (χ0v) is 12.2. The molecule has 0 aliphatic rings. The number of sulfonamides is 1. The molecule has 0 radical (unpaired) electrons. The Hall–Kier alpha value is -3.01. The molecule has 8 nitrogen and oxygen atoms in total. The molecule has 1 aromatic heterocycles. The molecule has 0 bridgehead atoms. The van der Waals surface area contributed by atoms with Crippen LogP contribution in [0.2, 0.25) is 0 Å².